The summed E-state index contributed by atoms with van der Waals surface area (Å²) in [5.41, 5.74) is -0.157. The van der Waals surface area contributed by atoms with Crippen LogP contribution in [0.15, 0.2) is 53.0 Å². The van der Waals surface area contributed by atoms with Gasteiger partial charge in [-0.3, -0.25) is 0 Å². The van der Waals surface area contributed by atoms with Crippen molar-refractivity contribution in [3.8, 4) is 17.2 Å². The molecule has 1 N–H and O–H groups in total. The zero-order chi connectivity index (χ0) is 14.0. The lowest BCUT2D eigenvalue weighted by Gasteiger charge is -2.39. The molecule has 0 aromatic heterocycles. The SMILES string of the molecule is CC1(Oc2cc(Br)ccc2Oc2ccccc2)CNC1. The van der Waals surface area contributed by atoms with Gasteiger partial charge in [0.25, 0.3) is 0 Å². The molecule has 1 aliphatic heterocycles. The maximum absolute atomic E-state index is 6.10. The lowest BCUT2D eigenvalue weighted by atomic mass is 10.00. The number of hydrogen-bond acceptors (Lipinski definition) is 3. The van der Waals surface area contributed by atoms with Crippen LogP contribution >= 0.6 is 15.9 Å². The highest BCUT2D eigenvalue weighted by Crippen LogP contribution is 2.36. The molecule has 0 radical (unpaired) electrons. The molecule has 0 saturated carbocycles. The second-order valence-corrected chi connectivity index (χ2v) is 6.08. The summed E-state index contributed by atoms with van der Waals surface area (Å²) < 4.78 is 13.0. The summed E-state index contributed by atoms with van der Waals surface area (Å²) in [4.78, 5) is 0. The van der Waals surface area contributed by atoms with Crippen LogP contribution in [0.2, 0.25) is 0 Å². The van der Waals surface area contributed by atoms with Gasteiger partial charge in [0.2, 0.25) is 0 Å². The van der Waals surface area contributed by atoms with E-state index in [0.717, 1.165) is 34.8 Å². The first-order valence-electron chi connectivity index (χ1n) is 6.57. The van der Waals surface area contributed by atoms with E-state index in [4.69, 9.17) is 9.47 Å². The molecule has 1 fully saturated rings. The second-order valence-electron chi connectivity index (χ2n) is 5.16. The topological polar surface area (TPSA) is 30.5 Å². The number of ether oxygens (including phenoxy) is 2. The molecule has 3 nitrogen and oxygen atoms in total. The van der Waals surface area contributed by atoms with Crippen LogP contribution in [0.25, 0.3) is 0 Å². The number of halogens is 1. The first-order valence-corrected chi connectivity index (χ1v) is 7.36. The summed E-state index contributed by atoms with van der Waals surface area (Å²) in [6, 6.07) is 15.5. The molecule has 0 amide bonds. The Labute approximate surface area is 127 Å². The highest BCUT2D eigenvalue weighted by Gasteiger charge is 2.34. The predicted molar refractivity (Wildman–Crippen MR) is 82.6 cm³/mol. The van der Waals surface area contributed by atoms with Crippen molar-refractivity contribution >= 4 is 15.9 Å². The van der Waals surface area contributed by atoms with E-state index in [9.17, 15) is 0 Å². The van der Waals surface area contributed by atoms with Crippen molar-refractivity contribution in [3.63, 3.8) is 0 Å². The van der Waals surface area contributed by atoms with Crippen molar-refractivity contribution in [1.29, 1.82) is 0 Å². The standard InChI is InChI=1S/C16H16BrNO2/c1-16(10-18-11-16)20-15-9-12(17)7-8-14(15)19-13-5-3-2-4-6-13/h2-9,18H,10-11H2,1H3. The average Bonchev–Trinajstić information content (AvgIpc) is 2.41. The number of rotatable bonds is 4. The molecule has 3 rings (SSSR count). The molecule has 1 aliphatic rings. The average molecular weight is 334 g/mol. The summed E-state index contributed by atoms with van der Waals surface area (Å²) in [6.07, 6.45) is 0. The highest BCUT2D eigenvalue weighted by molar-refractivity contribution is 9.10. The van der Waals surface area contributed by atoms with Gasteiger partial charge in [-0.1, -0.05) is 34.1 Å². The van der Waals surface area contributed by atoms with E-state index in [1.807, 2.05) is 48.5 Å². The third kappa shape index (κ3) is 2.97. The zero-order valence-electron chi connectivity index (χ0n) is 11.2. The van der Waals surface area contributed by atoms with Crippen molar-refractivity contribution < 1.29 is 9.47 Å². The Hall–Kier alpha value is -1.52. The Bertz CT molecular complexity index is 597. The van der Waals surface area contributed by atoms with Crippen LogP contribution in [0.3, 0.4) is 0 Å². The van der Waals surface area contributed by atoms with Gasteiger partial charge in [0.1, 0.15) is 11.4 Å². The van der Waals surface area contributed by atoms with Gasteiger partial charge in [0, 0.05) is 17.6 Å². The second kappa shape index (κ2) is 5.46. The van der Waals surface area contributed by atoms with Gasteiger partial charge in [-0.15, -0.1) is 0 Å². The van der Waals surface area contributed by atoms with Crippen molar-refractivity contribution in [2.24, 2.45) is 0 Å². The minimum Gasteiger partial charge on any atom is -0.481 e. The molecule has 104 valence electrons. The third-order valence-corrected chi connectivity index (χ3v) is 3.72. The van der Waals surface area contributed by atoms with E-state index in [0.29, 0.717) is 0 Å². The first kappa shape index (κ1) is 13.5. The molecular weight excluding hydrogens is 318 g/mol. The molecule has 0 spiro atoms. The van der Waals surface area contributed by atoms with Gasteiger partial charge < -0.3 is 14.8 Å². The number of benzene rings is 2. The quantitative estimate of drug-likeness (QED) is 0.917. The highest BCUT2D eigenvalue weighted by atomic mass is 79.9. The summed E-state index contributed by atoms with van der Waals surface area (Å²) in [5.74, 6) is 2.29. The van der Waals surface area contributed by atoms with Crippen LogP contribution < -0.4 is 14.8 Å². The van der Waals surface area contributed by atoms with E-state index < -0.39 is 0 Å². The van der Waals surface area contributed by atoms with Crippen LogP contribution in [-0.2, 0) is 0 Å². The Balaban J connectivity index is 1.86. The smallest absolute Gasteiger partial charge is 0.169 e. The first-order chi connectivity index (χ1) is 9.65. The minimum absolute atomic E-state index is 0.157. The van der Waals surface area contributed by atoms with Crippen LogP contribution in [0, 0.1) is 0 Å². The maximum atomic E-state index is 6.10. The molecule has 4 heteroatoms. The summed E-state index contributed by atoms with van der Waals surface area (Å²) in [6.45, 7) is 3.80. The maximum Gasteiger partial charge on any atom is 0.169 e. The Morgan fingerprint density at radius 3 is 2.45 bits per heavy atom. The fraction of sp³-hybridized carbons (Fsp3) is 0.250. The summed E-state index contributed by atoms with van der Waals surface area (Å²) >= 11 is 3.48. The van der Waals surface area contributed by atoms with Crippen molar-refractivity contribution in [1.82, 2.24) is 5.32 Å². The molecule has 2 aromatic rings. The van der Waals surface area contributed by atoms with E-state index >= 15 is 0 Å². The van der Waals surface area contributed by atoms with Gasteiger partial charge in [0.15, 0.2) is 11.5 Å². The van der Waals surface area contributed by atoms with Crippen LogP contribution in [0.1, 0.15) is 6.92 Å². The van der Waals surface area contributed by atoms with E-state index in [1.54, 1.807) is 0 Å². The van der Waals surface area contributed by atoms with Gasteiger partial charge in [-0.25, -0.2) is 0 Å². The molecule has 1 saturated heterocycles. The Morgan fingerprint density at radius 2 is 1.80 bits per heavy atom. The zero-order valence-corrected chi connectivity index (χ0v) is 12.8. The number of nitrogens with one attached hydrogen (secondary N) is 1. The largest absolute Gasteiger partial charge is 0.481 e. The number of hydrogen-bond donors (Lipinski definition) is 1. The van der Waals surface area contributed by atoms with Gasteiger partial charge >= 0.3 is 0 Å². The Morgan fingerprint density at radius 1 is 1.05 bits per heavy atom. The Kier molecular flexibility index (Phi) is 3.68. The fourth-order valence-corrected chi connectivity index (χ4v) is 2.42. The molecular formula is C16H16BrNO2. The third-order valence-electron chi connectivity index (χ3n) is 3.23. The molecule has 20 heavy (non-hydrogen) atoms. The van der Waals surface area contributed by atoms with Crippen molar-refractivity contribution in [2.75, 3.05) is 13.1 Å². The van der Waals surface area contributed by atoms with E-state index in [1.165, 1.54) is 0 Å². The summed E-state index contributed by atoms with van der Waals surface area (Å²) in [7, 11) is 0. The number of para-hydroxylation sites is 1. The molecule has 0 aliphatic carbocycles. The van der Waals surface area contributed by atoms with Gasteiger partial charge in [-0.2, -0.15) is 0 Å². The molecule has 0 atom stereocenters. The lowest BCUT2D eigenvalue weighted by molar-refractivity contribution is 0.0327. The monoisotopic (exact) mass is 333 g/mol. The molecule has 0 unspecified atom stereocenters. The van der Waals surface area contributed by atoms with E-state index in [-0.39, 0.29) is 5.60 Å². The minimum atomic E-state index is -0.157. The summed E-state index contributed by atoms with van der Waals surface area (Å²) in [5, 5.41) is 3.23. The molecule has 2 aromatic carbocycles. The van der Waals surface area contributed by atoms with Crippen LogP contribution in [-0.4, -0.2) is 18.7 Å². The van der Waals surface area contributed by atoms with E-state index in [2.05, 4.69) is 28.2 Å². The van der Waals surface area contributed by atoms with Gasteiger partial charge in [0.05, 0.1) is 0 Å². The van der Waals surface area contributed by atoms with Crippen LogP contribution in [0.5, 0.6) is 17.2 Å². The van der Waals surface area contributed by atoms with Gasteiger partial charge in [-0.05, 0) is 37.3 Å². The van der Waals surface area contributed by atoms with Crippen molar-refractivity contribution in [3.05, 3.63) is 53.0 Å². The van der Waals surface area contributed by atoms with Crippen LogP contribution in [0.4, 0.5) is 0 Å². The normalized spacial score (nSPS) is 16.3. The lowest BCUT2D eigenvalue weighted by Crippen LogP contribution is -2.61. The molecule has 1 heterocycles. The van der Waals surface area contributed by atoms with Crippen molar-refractivity contribution in [2.45, 2.75) is 12.5 Å². The molecule has 0 bridgehead atoms. The fourth-order valence-electron chi connectivity index (χ4n) is 2.08. The predicted octanol–water partition coefficient (Wildman–Crippen LogP) is 3.98.